The summed E-state index contributed by atoms with van der Waals surface area (Å²) in [6, 6.07) is 21.3. The SMILES string of the molecule is Oc1ccc2c(c1)CCN(c1ccc(F)cc1)C2Cc1ccccc1OCCC1CCCCN1. The first-order valence-electron chi connectivity index (χ1n) is 12.5. The zero-order chi connectivity index (χ0) is 23.3. The van der Waals surface area contributed by atoms with E-state index in [1.807, 2.05) is 30.3 Å². The molecule has 0 radical (unpaired) electrons. The third kappa shape index (κ3) is 5.20. The largest absolute Gasteiger partial charge is 0.508 e. The summed E-state index contributed by atoms with van der Waals surface area (Å²) >= 11 is 0. The summed E-state index contributed by atoms with van der Waals surface area (Å²) in [5, 5.41) is 13.6. The summed E-state index contributed by atoms with van der Waals surface area (Å²) in [7, 11) is 0. The van der Waals surface area contributed by atoms with E-state index in [0.717, 1.165) is 49.4 Å². The van der Waals surface area contributed by atoms with Gasteiger partial charge in [-0.1, -0.05) is 30.7 Å². The number of ether oxygens (including phenoxy) is 1. The summed E-state index contributed by atoms with van der Waals surface area (Å²) in [4.78, 5) is 2.35. The van der Waals surface area contributed by atoms with Crippen LogP contribution in [0.5, 0.6) is 11.5 Å². The third-order valence-electron chi connectivity index (χ3n) is 7.16. The number of fused-ring (bicyclic) bond motifs is 1. The van der Waals surface area contributed by atoms with Crippen molar-refractivity contribution in [2.24, 2.45) is 0 Å². The molecular formula is C29H33FN2O2. The van der Waals surface area contributed by atoms with Crippen molar-refractivity contribution < 1.29 is 14.2 Å². The Labute approximate surface area is 201 Å². The van der Waals surface area contributed by atoms with Gasteiger partial charge in [-0.25, -0.2) is 4.39 Å². The molecule has 5 heteroatoms. The molecular weight excluding hydrogens is 427 g/mol. The van der Waals surface area contributed by atoms with Crippen molar-refractivity contribution in [3.8, 4) is 11.5 Å². The lowest BCUT2D eigenvalue weighted by Crippen LogP contribution is -2.37. The molecule has 0 aromatic heterocycles. The van der Waals surface area contributed by atoms with E-state index in [1.54, 1.807) is 6.07 Å². The number of piperidine rings is 1. The maximum atomic E-state index is 13.6. The number of rotatable bonds is 7. The van der Waals surface area contributed by atoms with E-state index in [4.69, 9.17) is 4.74 Å². The van der Waals surface area contributed by atoms with E-state index in [1.165, 1.54) is 42.5 Å². The highest BCUT2D eigenvalue weighted by atomic mass is 19.1. The lowest BCUT2D eigenvalue weighted by molar-refractivity contribution is 0.266. The average Bonchev–Trinajstić information content (AvgIpc) is 2.86. The molecule has 2 heterocycles. The fourth-order valence-corrected chi connectivity index (χ4v) is 5.36. The molecule has 178 valence electrons. The maximum Gasteiger partial charge on any atom is 0.123 e. The number of benzene rings is 3. The summed E-state index contributed by atoms with van der Waals surface area (Å²) < 4.78 is 19.9. The summed E-state index contributed by atoms with van der Waals surface area (Å²) in [5.41, 5.74) is 4.55. The lowest BCUT2D eigenvalue weighted by atomic mass is 9.88. The van der Waals surface area contributed by atoms with Crippen LogP contribution in [0.15, 0.2) is 66.7 Å². The second kappa shape index (κ2) is 10.5. The highest BCUT2D eigenvalue weighted by Gasteiger charge is 2.29. The molecule has 2 atom stereocenters. The maximum absolute atomic E-state index is 13.6. The Morgan fingerprint density at radius 2 is 1.88 bits per heavy atom. The molecule has 0 amide bonds. The number of phenolic OH excluding ortho intramolecular Hbond substituents is 1. The minimum absolute atomic E-state index is 0.0690. The van der Waals surface area contributed by atoms with Crippen LogP contribution in [0.2, 0.25) is 0 Å². The van der Waals surface area contributed by atoms with Crippen molar-refractivity contribution >= 4 is 5.69 Å². The average molecular weight is 461 g/mol. The van der Waals surface area contributed by atoms with Crippen LogP contribution < -0.4 is 15.0 Å². The predicted molar refractivity (Wildman–Crippen MR) is 134 cm³/mol. The van der Waals surface area contributed by atoms with Gasteiger partial charge in [-0.15, -0.1) is 0 Å². The first-order valence-corrected chi connectivity index (χ1v) is 12.5. The van der Waals surface area contributed by atoms with Crippen LogP contribution in [0.3, 0.4) is 0 Å². The lowest BCUT2D eigenvalue weighted by Gasteiger charge is -2.39. The summed E-state index contributed by atoms with van der Waals surface area (Å²) in [6.07, 6.45) is 6.41. The van der Waals surface area contributed by atoms with Gasteiger partial charge in [-0.2, -0.15) is 0 Å². The molecule has 2 unspecified atom stereocenters. The van der Waals surface area contributed by atoms with Crippen LogP contribution in [0.25, 0.3) is 0 Å². The number of nitrogens with zero attached hydrogens (tertiary/aromatic N) is 1. The molecule has 5 rings (SSSR count). The monoisotopic (exact) mass is 460 g/mol. The van der Waals surface area contributed by atoms with Gasteiger partial charge in [0, 0.05) is 24.7 Å². The van der Waals surface area contributed by atoms with Crippen LogP contribution in [0.1, 0.15) is 48.4 Å². The molecule has 2 aliphatic heterocycles. The number of nitrogens with one attached hydrogen (secondary N) is 1. The fourth-order valence-electron chi connectivity index (χ4n) is 5.36. The van der Waals surface area contributed by atoms with Crippen molar-refractivity contribution in [1.82, 2.24) is 5.32 Å². The number of hydrogen-bond acceptors (Lipinski definition) is 4. The molecule has 1 saturated heterocycles. The van der Waals surface area contributed by atoms with Crippen molar-refractivity contribution in [3.63, 3.8) is 0 Å². The number of phenols is 1. The number of anilines is 1. The number of para-hydroxylation sites is 1. The Morgan fingerprint density at radius 3 is 2.71 bits per heavy atom. The normalized spacial score (nSPS) is 20.1. The Balaban J connectivity index is 1.38. The van der Waals surface area contributed by atoms with E-state index in [2.05, 4.69) is 28.4 Å². The molecule has 1 fully saturated rings. The van der Waals surface area contributed by atoms with Crippen LogP contribution in [0.4, 0.5) is 10.1 Å². The van der Waals surface area contributed by atoms with Gasteiger partial charge in [0.15, 0.2) is 0 Å². The first-order chi connectivity index (χ1) is 16.7. The third-order valence-corrected chi connectivity index (χ3v) is 7.16. The van der Waals surface area contributed by atoms with Gasteiger partial charge in [0.1, 0.15) is 17.3 Å². The summed E-state index contributed by atoms with van der Waals surface area (Å²) in [6.45, 7) is 2.62. The highest BCUT2D eigenvalue weighted by molar-refractivity contribution is 5.54. The molecule has 2 aliphatic rings. The van der Waals surface area contributed by atoms with E-state index < -0.39 is 0 Å². The molecule has 3 aromatic carbocycles. The number of hydrogen-bond donors (Lipinski definition) is 2. The van der Waals surface area contributed by atoms with Gasteiger partial charge >= 0.3 is 0 Å². The van der Waals surface area contributed by atoms with Crippen LogP contribution in [0, 0.1) is 5.82 Å². The van der Waals surface area contributed by atoms with Crippen LogP contribution in [-0.4, -0.2) is 30.8 Å². The first kappa shape index (κ1) is 22.7. The van der Waals surface area contributed by atoms with Crippen molar-refractivity contribution in [1.29, 1.82) is 0 Å². The van der Waals surface area contributed by atoms with Gasteiger partial charge < -0.3 is 20.1 Å². The van der Waals surface area contributed by atoms with E-state index in [0.29, 0.717) is 18.4 Å². The second-order valence-corrected chi connectivity index (χ2v) is 9.41. The van der Waals surface area contributed by atoms with Crippen LogP contribution >= 0.6 is 0 Å². The van der Waals surface area contributed by atoms with Gasteiger partial charge in [-0.3, -0.25) is 0 Å². The van der Waals surface area contributed by atoms with E-state index >= 15 is 0 Å². The smallest absolute Gasteiger partial charge is 0.123 e. The standard InChI is InChI=1S/C29H33FN2O2/c30-23-8-10-25(11-9-23)32-17-14-21-19-26(33)12-13-27(21)28(32)20-22-5-1-2-7-29(22)34-18-15-24-6-3-4-16-31-24/h1-2,5,7-13,19,24,28,31,33H,3-4,6,14-18,20H2. The van der Waals surface area contributed by atoms with Crippen molar-refractivity contribution in [3.05, 3.63) is 89.2 Å². The highest BCUT2D eigenvalue weighted by Crippen LogP contribution is 2.38. The van der Waals surface area contributed by atoms with E-state index in [-0.39, 0.29) is 11.9 Å². The minimum Gasteiger partial charge on any atom is -0.508 e. The Bertz CT molecular complexity index is 1100. The molecule has 2 N–H and O–H groups in total. The Kier molecular flexibility index (Phi) is 7.00. The molecule has 3 aromatic rings. The number of aromatic hydroxyl groups is 1. The van der Waals surface area contributed by atoms with Gasteiger partial charge in [-0.05, 0) is 91.4 Å². The molecule has 0 aliphatic carbocycles. The Hall–Kier alpha value is -3.05. The fraction of sp³-hybridized carbons (Fsp3) is 0.379. The van der Waals surface area contributed by atoms with Gasteiger partial charge in [0.05, 0.1) is 12.6 Å². The van der Waals surface area contributed by atoms with Gasteiger partial charge in [0.2, 0.25) is 0 Å². The molecule has 4 nitrogen and oxygen atoms in total. The predicted octanol–water partition coefficient (Wildman–Crippen LogP) is 5.79. The zero-order valence-corrected chi connectivity index (χ0v) is 19.6. The molecule has 0 saturated carbocycles. The summed E-state index contributed by atoms with van der Waals surface area (Å²) in [5.74, 6) is 1.00. The topological polar surface area (TPSA) is 44.7 Å². The minimum atomic E-state index is -0.228. The van der Waals surface area contributed by atoms with Crippen molar-refractivity contribution in [2.45, 2.75) is 50.6 Å². The molecule has 34 heavy (non-hydrogen) atoms. The second-order valence-electron chi connectivity index (χ2n) is 9.41. The quantitative estimate of drug-likeness (QED) is 0.469. The van der Waals surface area contributed by atoms with E-state index in [9.17, 15) is 9.50 Å². The zero-order valence-electron chi connectivity index (χ0n) is 19.6. The van der Waals surface area contributed by atoms with Crippen molar-refractivity contribution in [2.75, 3.05) is 24.6 Å². The number of halogens is 1. The molecule has 0 bridgehead atoms. The van der Waals surface area contributed by atoms with Crippen LogP contribution in [-0.2, 0) is 12.8 Å². The van der Waals surface area contributed by atoms with Gasteiger partial charge in [0.25, 0.3) is 0 Å². The Morgan fingerprint density at radius 1 is 1.03 bits per heavy atom. The molecule has 0 spiro atoms.